The second-order valence-electron chi connectivity index (χ2n) is 16.6. The molecular formula is C55H36N2S2. The van der Waals surface area contributed by atoms with E-state index in [1.54, 1.807) is 23.1 Å². The molecular weight excluding hydrogens is 753 g/mol. The Balaban J connectivity index is 0.967. The molecule has 0 saturated carbocycles. The maximum Gasteiger partial charge on any atom is 0.0842 e. The molecule has 2 heterocycles. The van der Waals surface area contributed by atoms with Gasteiger partial charge in [-0.3, -0.25) is 0 Å². The smallest absolute Gasteiger partial charge is 0.0842 e. The molecule has 0 bridgehead atoms. The van der Waals surface area contributed by atoms with Crippen LogP contribution in [-0.2, 0) is 18.3 Å². The number of allylic oxidation sites excluding steroid dienone is 4. The van der Waals surface area contributed by atoms with Crippen molar-refractivity contribution in [1.29, 1.82) is 0 Å². The van der Waals surface area contributed by atoms with E-state index in [-0.39, 0.29) is 0 Å². The van der Waals surface area contributed by atoms with Gasteiger partial charge in [-0.15, -0.1) is 0 Å². The Bertz CT molecular complexity index is 3220. The van der Waals surface area contributed by atoms with Crippen LogP contribution in [0.3, 0.4) is 0 Å². The third-order valence-corrected chi connectivity index (χ3v) is 15.4. The second-order valence-corrected chi connectivity index (χ2v) is 18.2. The molecule has 13 rings (SSSR count). The molecule has 59 heavy (non-hydrogen) atoms. The number of nitrogens with zero attached hydrogens (tertiary/aromatic N) is 2. The van der Waals surface area contributed by atoms with Crippen LogP contribution in [0.2, 0.25) is 0 Å². The van der Waals surface area contributed by atoms with E-state index in [2.05, 4.69) is 172 Å². The number of rotatable bonds is 4. The molecule has 0 spiro atoms. The standard InChI is InChI=1S/C55H36N2S2/c1-31-23-24-55(32(31)2,49-17-9-7-15-41(49)51-27-47-39-21-19-37-35-13-5-3-11-33(35)25-43(37)45(39)29-53(47)58-56-51)50-18-10-8-16-42(50)52-28-48-40-22-20-38-36-14-6-4-12-34(36)26-44(38)46(40)30-54(48)59-57-52/h3-24,27-30H,25-26H2,1-2H3. The molecule has 278 valence electrons. The average Bonchev–Trinajstić information content (AvgIpc) is 4.10. The highest BCUT2D eigenvalue weighted by Gasteiger charge is 2.41. The fourth-order valence-corrected chi connectivity index (χ4v) is 12.4. The zero-order valence-electron chi connectivity index (χ0n) is 32.6. The summed E-state index contributed by atoms with van der Waals surface area (Å²) < 4.78 is 10.5. The summed E-state index contributed by atoms with van der Waals surface area (Å²) >= 11 is 3.24. The molecule has 6 aromatic carbocycles. The fourth-order valence-electron chi connectivity index (χ4n) is 10.8. The minimum Gasteiger partial charge on any atom is -0.192 e. The van der Waals surface area contributed by atoms with Crippen LogP contribution in [0.15, 0.2) is 169 Å². The van der Waals surface area contributed by atoms with Gasteiger partial charge in [-0.2, -0.15) is 8.75 Å². The van der Waals surface area contributed by atoms with Crippen molar-refractivity contribution in [2.45, 2.75) is 32.1 Å². The lowest BCUT2D eigenvalue weighted by atomic mass is 9.67. The van der Waals surface area contributed by atoms with Gasteiger partial charge in [-0.05, 0) is 151 Å². The maximum atomic E-state index is 5.27. The van der Waals surface area contributed by atoms with Gasteiger partial charge in [0.15, 0.2) is 0 Å². The molecule has 7 aliphatic rings. The van der Waals surface area contributed by atoms with E-state index in [4.69, 9.17) is 8.75 Å². The molecule has 0 unspecified atom stereocenters. The molecule has 0 aromatic heterocycles. The monoisotopic (exact) mass is 788 g/mol. The minimum absolute atomic E-state index is 0.513. The van der Waals surface area contributed by atoms with Gasteiger partial charge in [0.25, 0.3) is 0 Å². The number of benzene rings is 6. The summed E-state index contributed by atoms with van der Waals surface area (Å²) in [6.45, 7) is 4.56. The van der Waals surface area contributed by atoms with Crippen molar-refractivity contribution < 1.29 is 0 Å². The van der Waals surface area contributed by atoms with E-state index in [0.717, 1.165) is 35.4 Å². The Morgan fingerprint density at radius 1 is 0.441 bits per heavy atom. The lowest BCUT2D eigenvalue weighted by Crippen LogP contribution is -2.27. The lowest BCUT2D eigenvalue weighted by molar-refractivity contribution is 0.770. The van der Waals surface area contributed by atoms with Crippen molar-refractivity contribution in [1.82, 2.24) is 8.75 Å². The normalized spacial score (nSPS) is 14.8. The topological polar surface area (TPSA) is 25.8 Å². The van der Waals surface area contributed by atoms with Gasteiger partial charge in [0.1, 0.15) is 0 Å². The fraction of sp³-hybridized carbons (Fsp3) is 0.0909. The van der Waals surface area contributed by atoms with Gasteiger partial charge < -0.3 is 0 Å². The van der Waals surface area contributed by atoms with Crippen LogP contribution in [-0.4, -0.2) is 8.75 Å². The Kier molecular flexibility index (Phi) is 6.97. The molecule has 2 aliphatic heterocycles. The van der Waals surface area contributed by atoms with Crippen LogP contribution in [0.1, 0.15) is 47.2 Å². The van der Waals surface area contributed by atoms with Crippen molar-refractivity contribution in [3.8, 4) is 65.6 Å². The van der Waals surface area contributed by atoms with Gasteiger partial charge in [-0.1, -0.05) is 145 Å². The summed E-state index contributed by atoms with van der Waals surface area (Å²) in [5.41, 5.74) is 22.7. The highest BCUT2D eigenvalue weighted by Crippen LogP contribution is 2.53. The van der Waals surface area contributed by atoms with E-state index in [9.17, 15) is 0 Å². The summed E-state index contributed by atoms with van der Waals surface area (Å²) in [4.78, 5) is 2.46. The molecule has 4 heteroatoms. The lowest BCUT2D eigenvalue weighted by Gasteiger charge is -2.35. The first-order valence-electron chi connectivity index (χ1n) is 20.5. The Morgan fingerprint density at radius 3 is 1.37 bits per heavy atom. The van der Waals surface area contributed by atoms with Crippen molar-refractivity contribution in [2.75, 3.05) is 0 Å². The quantitative estimate of drug-likeness (QED) is 0.177. The summed E-state index contributed by atoms with van der Waals surface area (Å²) in [6, 6.07) is 54.4. The first-order valence-corrected chi connectivity index (χ1v) is 22.0. The molecule has 0 atom stereocenters. The molecule has 0 fully saturated rings. The van der Waals surface area contributed by atoms with Crippen molar-refractivity contribution >= 4 is 44.6 Å². The molecule has 6 aromatic rings. The Morgan fingerprint density at radius 2 is 0.898 bits per heavy atom. The largest absolute Gasteiger partial charge is 0.192 e. The number of fused-ring (bicyclic) bond motifs is 14. The molecule has 0 saturated heterocycles. The first-order chi connectivity index (χ1) is 29.0. The summed E-state index contributed by atoms with van der Waals surface area (Å²) in [7, 11) is 0. The van der Waals surface area contributed by atoms with Gasteiger partial charge in [0.2, 0.25) is 0 Å². The zero-order chi connectivity index (χ0) is 39.0. The predicted molar refractivity (Wildman–Crippen MR) is 248 cm³/mol. The zero-order valence-corrected chi connectivity index (χ0v) is 34.3. The van der Waals surface area contributed by atoms with Crippen LogP contribution >= 0.6 is 23.1 Å². The first kappa shape index (κ1) is 33.5. The maximum absolute atomic E-state index is 5.27. The second kappa shape index (κ2) is 12.3. The summed E-state index contributed by atoms with van der Waals surface area (Å²) in [6.07, 6.45) is 6.70. The minimum atomic E-state index is -0.513. The SMILES string of the molecule is CC1=C(C)C(c2ccccc2-c2cc3c4ccc5c(c4cc-3sn2)Cc2ccccc2-5)(c2ccccc2-c2cc3c4ccc5c(c4cc-3sn2)Cc2ccccc2-5)C=C1. The van der Waals surface area contributed by atoms with E-state index < -0.39 is 5.41 Å². The highest BCUT2D eigenvalue weighted by atomic mass is 32.1. The Hall–Kier alpha value is -6.46. The van der Waals surface area contributed by atoms with E-state index >= 15 is 0 Å². The molecule has 0 N–H and O–H groups in total. The van der Waals surface area contributed by atoms with Crippen molar-refractivity contribution in [3.63, 3.8) is 0 Å². The van der Waals surface area contributed by atoms with E-state index in [0.29, 0.717) is 0 Å². The molecule has 2 nitrogen and oxygen atoms in total. The number of hydrogen-bond acceptors (Lipinski definition) is 4. The average molecular weight is 789 g/mol. The predicted octanol–water partition coefficient (Wildman–Crippen LogP) is 14.8. The van der Waals surface area contributed by atoms with Crippen LogP contribution in [0.5, 0.6) is 0 Å². The van der Waals surface area contributed by atoms with Crippen LogP contribution in [0, 0.1) is 0 Å². The van der Waals surface area contributed by atoms with Gasteiger partial charge >= 0.3 is 0 Å². The number of hydrogen-bond donors (Lipinski definition) is 0. The van der Waals surface area contributed by atoms with Crippen LogP contribution in [0.4, 0.5) is 0 Å². The van der Waals surface area contributed by atoms with E-state index in [1.165, 1.54) is 109 Å². The summed E-state index contributed by atoms with van der Waals surface area (Å²) in [5, 5.41) is 5.34. The molecule has 0 radical (unpaired) electrons. The highest BCUT2D eigenvalue weighted by molar-refractivity contribution is 7.10. The number of aromatic nitrogens is 2. The van der Waals surface area contributed by atoms with Crippen molar-refractivity contribution in [3.05, 3.63) is 202 Å². The summed E-state index contributed by atoms with van der Waals surface area (Å²) in [5.74, 6) is 0. The Labute approximate surface area is 351 Å². The third kappa shape index (κ3) is 4.62. The molecule has 5 aliphatic carbocycles. The van der Waals surface area contributed by atoms with Gasteiger partial charge in [0.05, 0.1) is 26.6 Å². The third-order valence-electron chi connectivity index (χ3n) is 13.8. The van der Waals surface area contributed by atoms with Crippen LogP contribution < -0.4 is 0 Å². The van der Waals surface area contributed by atoms with Gasteiger partial charge in [-0.25, -0.2) is 0 Å². The van der Waals surface area contributed by atoms with Gasteiger partial charge in [0, 0.05) is 22.3 Å². The van der Waals surface area contributed by atoms with Crippen LogP contribution in [0.25, 0.3) is 87.2 Å². The van der Waals surface area contributed by atoms with E-state index in [1.807, 2.05) is 0 Å². The molecule has 0 amide bonds. The van der Waals surface area contributed by atoms with Crippen molar-refractivity contribution in [2.24, 2.45) is 0 Å².